The van der Waals surface area contributed by atoms with Gasteiger partial charge in [0.2, 0.25) is 0 Å². The summed E-state index contributed by atoms with van der Waals surface area (Å²) in [6, 6.07) is 0. The van der Waals surface area contributed by atoms with Crippen LogP contribution in [0.5, 0.6) is 0 Å². The van der Waals surface area contributed by atoms with Gasteiger partial charge in [-0.25, -0.2) is 4.79 Å². The average Bonchev–Trinajstić information content (AvgIpc) is 2.92. The van der Waals surface area contributed by atoms with E-state index in [1.165, 1.54) is 25.7 Å². The fourth-order valence-electron chi connectivity index (χ4n) is 5.49. The number of esters is 2. The molecule has 4 aliphatic rings. The molecule has 0 aromatic carbocycles. The Hall–Kier alpha value is -1.06. The Balaban J connectivity index is 1.60. The van der Waals surface area contributed by atoms with Gasteiger partial charge in [0.25, 0.3) is 0 Å². The van der Waals surface area contributed by atoms with Gasteiger partial charge < -0.3 is 9.47 Å². The maximum atomic E-state index is 12.5. The molecule has 0 aromatic rings. The Labute approximate surface area is 152 Å². The largest absolute Gasteiger partial charge is 0.456 e. The van der Waals surface area contributed by atoms with Crippen molar-refractivity contribution in [2.24, 2.45) is 34.5 Å². The van der Waals surface area contributed by atoms with Crippen LogP contribution in [0.4, 0.5) is 0 Å². The van der Waals surface area contributed by atoms with Crippen molar-refractivity contribution in [3.63, 3.8) is 0 Å². The normalized spacial score (nSPS) is 36.6. The summed E-state index contributed by atoms with van der Waals surface area (Å²) in [5.41, 5.74) is -1.19. The van der Waals surface area contributed by atoms with Gasteiger partial charge in [-0.15, -0.1) is 0 Å². The summed E-state index contributed by atoms with van der Waals surface area (Å²) in [4.78, 5) is 24.9. The minimum absolute atomic E-state index is 0.234. The summed E-state index contributed by atoms with van der Waals surface area (Å²) in [6.45, 7) is 11.6. The lowest BCUT2D eigenvalue weighted by atomic mass is 9.69. The van der Waals surface area contributed by atoms with Gasteiger partial charge in [0.15, 0.2) is 6.61 Å². The van der Waals surface area contributed by atoms with Crippen LogP contribution >= 0.6 is 0 Å². The minimum Gasteiger partial charge on any atom is -0.456 e. The van der Waals surface area contributed by atoms with Gasteiger partial charge >= 0.3 is 11.9 Å². The van der Waals surface area contributed by atoms with Gasteiger partial charge in [-0.3, -0.25) is 4.79 Å². The van der Waals surface area contributed by atoms with Crippen LogP contribution in [0, 0.1) is 34.5 Å². The number of carbonyl (C=O) groups excluding carboxylic acids is 2. The van der Waals surface area contributed by atoms with Crippen LogP contribution in [0.1, 0.15) is 73.6 Å². The maximum absolute atomic E-state index is 12.5. The molecule has 4 bridgehead atoms. The van der Waals surface area contributed by atoms with Gasteiger partial charge in [0.1, 0.15) is 5.60 Å². The molecule has 4 saturated carbocycles. The minimum atomic E-state index is -0.652. The predicted molar refractivity (Wildman–Crippen MR) is 95.7 cm³/mol. The summed E-state index contributed by atoms with van der Waals surface area (Å²) in [5, 5.41) is 0. The first kappa shape index (κ1) is 18.7. The third kappa shape index (κ3) is 2.90. The molecule has 142 valence electrons. The molecule has 4 aliphatic carbocycles. The van der Waals surface area contributed by atoms with Crippen LogP contribution in [0.25, 0.3) is 0 Å². The van der Waals surface area contributed by atoms with Crippen molar-refractivity contribution in [1.82, 2.24) is 0 Å². The van der Waals surface area contributed by atoms with Crippen molar-refractivity contribution in [1.29, 1.82) is 0 Å². The van der Waals surface area contributed by atoms with Crippen molar-refractivity contribution in [2.75, 3.05) is 6.61 Å². The third-order valence-electron chi connectivity index (χ3n) is 7.88. The quantitative estimate of drug-likeness (QED) is 0.691. The van der Waals surface area contributed by atoms with Crippen LogP contribution in [0.15, 0.2) is 0 Å². The monoisotopic (exact) mass is 350 g/mol. The van der Waals surface area contributed by atoms with Crippen LogP contribution in [0.3, 0.4) is 0 Å². The third-order valence-corrected chi connectivity index (χ3v) is 7.88. The zero-order valence-electron chi connectivity index (χ0n) is 16.7. The molecule has 0 aliphatic heterocycles. The van der Waals surface area contributed by atoms with E-state index in [1.807, 2.05) is 34.6 Å². The highest BCUT2D eigenvalue weighted by Crippen LogP contribution is 2.65. The SMILES string of the molecule is CCC1(OC(=O)COC(=O)C(C)(C)C(C)(C)C)C2CC3CC(C2)C1C3. The van der Waals surface area contributed by atoms with E-state index in [0.717, 1.165) is 18.3 Å². The van der Waals surface area contributed by atoms with E-state index in [9.17, 15) is 9.59 Å². The lowest BCUT2D eigenvalue weighted by Crippen LogP contribution is -2.48. The Kier molecular flexibility index (Phi) is 4.49. The van der Waals surface area contributed by atoms with Crippen LogP contribution < -0.4 is 0 Å². The summed E-state index contributed by atoms with van der Waals surface area (Å²) in [7, 11) is 0. The van der Waals surface area contributed by atoms with Crippen molar-refractivity contribution in [2.45, 2.75) is 79.2 Å². The number of rotatable bonds is 5. The standard InChI is InChI=1S/C21H34O4/c1-7-21(15-9-13-8-14(11-15)16(21)10-13)25-17(22)12-24-18(23)20(5,6)19(2,3)4/h13-16H,7-12H2,1-6H3. The molecule has 5 atom stereocenters. The van der Waals surface area contributed by atoms with Crippen LogP contribution in [-0.2, 0) is 19.1 Å². The average molecular weight is 350 g/mol. The molecule has 4 rings (SSSR count). The number of carbonyl (C=O) groups is 2. The topological polar surface area (TPSA) is 52.6 Å². The second-order valence-electron chi connectivity index (χ2n) is 10.1. The van der Waals surface area contributed by atoms with Crippen molar-refractivity contribution in [3.8, 4) is 0 Å². The molecular weight excluding hydrogens is 316 g/mol. The molecule has 0 aromatic heterocycles. The highest BCUT2D eigenvalue weighted by molar-refractivity contribution is 5.80. The van der Waals surface area contributed by atoms with Crippen molar-refractivity contribution in [3.05, 3.63) is 0 Å². The molecular formula is C21H34O4. The lowest BCUT2D eigenvalue weighted by Gasteiger charge is -2.43. The fourth-order valence-corrected chi connectivity index (χ4v) is 5.49. The summed E-state index contributed by atoms with van der Waals surface area (Å²) in [6.07, 6.45) is 5.80. The molecule has 4 heteroatoms. The second kappa shape index (κ2) is 5.99. The van der Waals surface area contributed by atoms with Gasteiger partial charge in [-0.05, 0) is 69.1 Å². The molecule has 0 radical (unpaired) electrons. The molecule has 4 nitrogen and oxygen atoms in total. The van der Waals surface area contributed by atoms with Crippen molar-refractivity contribution >= 4 is 11.9 Å². The Morgan fingerprint density at radius 2 is 1.72 bits per heavy atom. The summed E-state index contributed by atoms with van der Waals surface area (Å²) in [5.74, 6) is 1.89. The van der Waals surface area contributed by atoms with E-state index >= 15 is 0 Å². The Morgan fingerprint density at radius 1 is 1.04 bits per heavy atom. The molecule has 25 heavy (non-hydrogen) atoms. The highest BCUT2D eigenvalue weighted by atomic mass is 16.6. The van der Waals surface area contributed by atoms with Crippen LogP contribution in [0.2, 0.25) is 0 Å². The second-order valence-corrected chi connectivity index (χ2v) is 10.1. The fraction of sp³-hybridized carbons (Fsp3) is 0.905. The van der Waals surface area contributed by atoms with E-state index in [4.69, 9.17) is 9.47 Å². The summed E-state index contributed by atoms with van der Waals surface area (Å²) >= 11 is 0. The molecule has 4 fully saturated rings. The molecule has 0 spiro atoms. The molecule has 0 saturated heterocycles. The van der Waals surface area contributed by atoms with E-state index in [-0.39, 0.29) is 29.6 Å². The maximum Gasteiger partial charge on any atom is 0.344 e. The number of hydrogen-bond donors (Lipinski definition) is 0. The van der Waals surface area contributed by atoms with Crippen LogP contribution in [-0.4, -0.2) is 24.1 Å². The number of hydrogen-bond acceptors (Lipinski definition) is 4. The Bertz CT molecular complexity index is 555. The first-order valence-electron chi connectivity index (χ1n) is 9.90. The lowest BCUT2D eigenvalue weighted by molar-refractivity contribution is -0.186. The highest BCUT2D eigenvalue weighted by Gasteiger charge is 2.63. The van der Waals surface area contributed by atoms with E-state index in [1.54, 1.807) is 0 Å². The van der Waals surface area contributed by atoms with E-state index < -0.39 is 5.41 Å². The zero-order valence-corrected chi connectivity index (χ0v) is 16.7. The zero-order chi connectivity index (χ0) is 18.6. The van der Waals surface area contributed by atoms with Gasteiger partial charge in [-0.2, -0.15) is 0 Å². The first-order valence-corrected chi connectivity index (χ1v) is 9.90. The first-order chi connectivity index (χ1) is 11.5. The molecule has 0 heterocycles. The van der Waals surface area contributed by atoms with Gasteiger partial charge in [0.05, 0.1) is 5.41 Å². The van der Waals surface area contributed by atoms with Crippen molar-refractivity contribution < 1.29 is 19.1 Å². The number of ether oxygens (including phenoxy) is 2. The molecule has 0 amide bonds. The molecule has 0 N–H and O–H groups in total. The van der Waals surface area contributed by atoms with Gasteiger partial charge in [0, 0.05) is 5.92 Å². The predicted octanol–water partition coefficient (Wildman–Crippen LogP) is 4.36. The van der Waals surface area contributed by atoms with E-state index in [2.05, 4.69) is 6.92 Å². The summed E-state index contributed by atoms with van der Waals surface area (Å²) < 4.78 is 11.4. The Morgan fingerprint density at radius 3 is 2.28 bits per heavy atom. The smallest absolute Gasteiger partial charge is 0.344 e. The molecule has 5 unspecified atom stereocenters. The van der Waals surface area contributed by atoms with E-state index in [0.29, 0.717) is 11.8 Å². The van der Waals surface area contributed by atoms with Gasteiger partial charge in [-0.1, -0.05) is 27.7 Å².